The third kappa shape index (κ3) is 3.66. The molecule has 0 fully saturated rings. The van der Waals surface area contributed by atoms with Gasteiger partial charge in [0.1, 0.15) is 0 Å². The van der Waals surface area contributed by atoms with Gasteiger partial charge in [0.2, 0.25) is 0 Å². The van der Waals surface area contributed by atoms with Gasteiger partial charge in [0.25, 0.3) is 0 Å². The normalized spacial score (nSPS) is 14.5. The molecule has 0 saturated heterocycles. The molecule has 0 amide bonds. The van der Waals surface area contributed by atoms with Crippen molar-refractivity contribution in [3.05, 3.63) is 20.2 Å². The summed E-state index contributed by atoms with van der Waals surface area (Å²) in [5, 5.41) is 0. The van der Waals surface area contributed by atoms with Crippen molar-refractivity contribution >= 4 is 38.5 Å². The first-order valence-electron chi connectivity index (χ1n) is 2.33. The highest BCUT2D eigenvalue weighted by Gasteiger charge is 1.85. The van der Waals surface area contributed by atoms with Crippen molar-refractivity contribution in [3.63, 3.8) is 0 Å². The average molecular weight is 287 g/mol. The maximum atomic E-state index is 3.39. The Kier molecular flexibility index (Phi) is 4.95. The summed E-state index contributed by atoms with van der Waals surface area (Å²) in [6, 6.07) is 0. The molecule has 0 spiro atoms. The molecular weight excluding hydrogens is 279 g/mol. The van der Waals surface area contributed by atoms with Crippen LogP contribution in [0.2, 0.25) is 0 Å². The summed E-state index contributed by atoms with van der Waals surface area (Å²) in [7, 11) is 0. The topological polar surface area (TPSA) is 0 Å². The van der Waals surface area contributed by atoms with Crippen LogP contribution in [0.1, 0.15) is 13.8 Å². The predicted molar refractivity (Wildman–Crippen MR) is 50.5 cm³/mol. The van der Waals surface area contributed by atoms with Crippen molar-refractivity contribution in [2.24, 2.45) is 0 Å². The lowest BCUT2D eigenvalue weighted by Crippen LogP contribution is -1.61. The highest BCUT2D eigenvalue weighted by molar-refractivity contribution is 14.1. The first-order chi connectivity index (χ1) is 3.68. The minimum absolute atomic E-state index is 1.17. The standard InChI is InChI=1S/C6H8BrI/c1-3-4-6(7)5(2)8/h3-4H,1-2H3/b4-3-,6-5-. The Balaban J connectivity index is 4.00. The summed E-state index contributed by atoms with van der Waals surface area (Å²) in [5.74, 6) is 0. The molecule has 0 aromatic carbocycles. The van der Waals surface area contributed by atoms with Crippen LogP contribution >= 0.6 is 38.5 Å². The van der Waals surface area contributed by atoms with Crippen molar-refractivity contribution in [2.45, 2.75) is 13.8 Å². The maximum absolute atomic E-state index is 3.39. The molecule has 0 bridgehead atoms. The molecule has 0 aliphatic rings. The Hall–Kier alpha value is 0.690. The molecule has 0 aromatic rings. The van der Waals surface area contributed by atoms with Gasteiger partial charge in [-0.1, -0.05) is 28.1 Å². The van der Waals surface area contributed by atoms with Crippen molar-refractivity contribution in [2.75, 3.05) is 0 Å². The summed E-state index contributed by atoms with van der Waals surface area (Å²) in [6.07, 6.45) is 4.04. The first kappa shape index (κ1) is 8.69. The number of rotatable bonds is 1. The van der Waals surface area contributed by atoms with E-state index in [2.05, 4.69) is 45.4 Å². The zero-order valence-corrected chi connectivity index (χ0v) is 8.65. The van der Waals surface area contributed by atoms with Crippen molar-refractivity contribution in [1.82, 2.24) is 0 Å². The Labute approximate surface area is 72.3 Å². The number of hydrogen-bond acceptors (Lipinski definition) is 0. The second-order valence-electron chi connectivity index (χ2n) is 1.38. The molecule has 0 saturated carbocycles. The third-order valence-electron chi connectivity index (χ3n) is 0.642. The quantitative estimate of drug-likeness (QED) is 0.510. The van der Waals surface area contributed by atoms with E-state index < -0.39 is 0 Å². The van der Waals surface area contributed by atoms with Gasteiger partial charge in [-0.15, -0.1) is 0 Å². The Morgan fingerprint density at radius 1 is 1.62 bits per heavy atom. The number of hydrogen-bond donors (Lipinski definition) is 0. The highest BCUT2D eigenvalue weighted by Crippen LogP contribution is 2.18. The molecule has 8 heavy (non-hydrogen) atoms. The van der Waals surface area contributed by atoms with Gasteiger partial charge in [-0.05, 0) is 36.4 Å². The van der Waals surface area contributed by atoms with E-state index in [1.165, 1.54) is 8.06 Å². The summed E-state index contributed by atoms with van der Waals surface area (Å²) in [6.45, 7) is 4.06. The Morgan fingerprint density at radius 3 is 2.25 bits per heavy atom. The van der Waals surface area contributed by atoms with Crippen molar-refractivity contribution < 1.29 is 0 Å². The third-order valence-corrected chi connectivity index (χ3v) is 2.82. The van der Waals surface area contributed by atoms with Crippen LogP contribution in [-0.4, -0.2) is 0 Å². The molecule has 0 N–H and O–H groups in total. The molecule has 46 valence electrons. The molecule has 2 heteroatoms. The average Bonchev–Trinajstić information content (AvgIpc) is 1.67. The molecule has 0 radical (unpaired) electrons. The second-order valence-corrected chi connectivity index (χ2v) is 3.85. The van der Waals surface area contributed by atoms with Crippen molar-refractivity contribution in [3.8, 4) is 0 Å². The minimum Gasteiger partial charge on any atom is -0.0865 e. The summed E-state index contributed by atoms with van der Waals surface area (Å²) in [5.41, 5.74) is 0. The smallest absolute Gasteiger partial charge is 0.0261 e. The fourth-order valence-electron chi connectivity index (χ4n) is 0.261. The van der Waals surface area contributed by atoms with Gasteiger partial charge in [0.05, 0.1) is 0 Å². The summed E-state index contributed by atoms with van der Waals surface area (Å²) < 4.78 is 2.45. The SMILES string of the molecule is C/C=C\C(Br)=C(/C)I. The van der Waals surface area contributed by atoms with Gasteiger partial charge < -0.3 is 0 Å². The molecule has 0 unspecified atom stereocenters. The first-order valence-corrected chi connectivity index (χ1v) is 4.20. The molecular formula is C6H8BrI. The van der Waals surface area contributed by atoms with Crippen LogP contribution < -0.4 is 0 Å². The lowest BCUT2D eigenvalue weighted by Gasteiger charge is -1.87. The zero-order valence-electron chi connectivity index (χ0n) is 4.91. The zero-order chi connectivity index (χ0) is 6.57. The van der Waals surface area contributed by atoms with Crippen LogP contribution in [0.3, 0.4) is 0 Å². The largest absolute Gasteiger partial charge is 0.0865 e. The number of halogens is 2. The lowest BCUT2D eigenvalue weighted by atomic mass is 10.5. The Morgan fingerprint density at radius 2 is 2.12 bits per heavy atom. The van der Waals surface area contributed by atoms with E-state index >= 15 is 0 Å². The van der Waals surface area contributed by atoms with Crippen LogP contribution in [0, 0.1) is 0 Å². The maximum Gasteiger partial charge on any atom is 0.0261 e. The van der Waals surface area contributed by atoms with E-state index in [0.29, 0.717) is 0 Å². The highest BCUT2D eigenvalue weighted by atomic mass is 127. The van der Waals surface area contributed by atoms with E-state index in [1.54, 1.807) is 0 Å². The summed E-state index contributed by atoms with van der Waals surface area (Å²) in [4.78, 5) is 0. The van der Waals surface area contributed by atoms with Gasteiger partial charge >= 0.3 is 0 Å². The van der Waals surface area contributed by atoms with E-state index in [9.17, 15) is 0 Å². The molecule has 0 rings (SSSR count). The fraction of sp³-hybridized carbons (Fsp3) is 0.333. The van der Waals surface area contributed by atoms with Gasteiger partial charge in [-0.3, -0.25) is 0 Å². The van der Waals surface area contributed by atoms with Gasteiger partial charge in [0, 0.05) is 8.06 Å². The summed E-state index contributed by atoms with van der Waals surface area (Å²) >= 11 is 5.66. The fourth-order valence-corrected chi connectivity index (χ4v) is 0.705. The van der Waals surface area contributed by atoms with E-state index in [1.807, 2.05) is 19.1 Å². The van der Waals surface area contributed by atoms with E-state index in [0.717, 1.165) is 0 Å². The molecule has 0 nitrogen and oxygen atoms in total. The van der Waals surface area contributed by atoms with Crippen molar-refractivity contribution in [1.29, 1.82) is 0 Å². The van der Waals surface area contributed by atoms with Gasteiger partial charge in [0.15, 0.2) is 0 Å². The van der Waals surface area contributed by atoms with Crippen LogP contribution in [0.15, 0.2) is 20.2 Å². The molecule has 0 aromatic heterocycles. The van der Waals surface area contributed by atoms with Crippen LogP contribution in [0.25, 0.3) is 0 Å². The van der Waals surface area contributed by atoms with Gasteiger partial charge in [-0.25, -0.2) is 0 Å². The molecule has 0 heterocycles. The molecule has 0 atom stereocenters. The van der Waals surface area contributed by atoms with E-state index in [4.69, 9.17) is 0 Å². The van der Waals surface area contributed by atoms with E-state index in [-0.39, 0.29) is 0 Å². The molecule has 0 aliphatic heterocycles. The molecule has 0 aliphatic carbocycles. The van der Waals surface area contributed by atoms with Crippen LogP contribution in [-0.2, 0) is 0 Å². The monoisotopic (exact) mass is 286 g/mol. The predicted octanol–water partition coefficient (Wildman–Crippen LogP) is 3.62. The Bertz CT molecular complexity index is 120. The second kappa shape index (κ2) is 4.56. The lowest BCUT2D eigenvalue weighted by molar-refractivity contribution is 1.65. The minimum atomic E-state index is 1.17. The number of allylic oxidation sites excluding steroid dienone is 4. The van der Waals surface area contributed by atoms with Gasteiger partial charge in [-0.2, -0.15) is 0 Å². The van der Waals surface area contributed by atoms with Crippen LogP contribution in [0.4, 0.5) is 0 Å². The van der Waals surface area contributed by atoms with Crippen LogP contribution in [0.5, 0.6) is 0 Å².